The Morgan fingerprint density at radius 1 is 1.21 bits per heavy atom. The number of benzene rings is 1. The molecule has 1 aromatic heterocycles. The first-order chi connectivity index (χ1) is 11.8. The van der Waals surface area contributed by atoms with E-state index in [0.29, 0.717) is 18.9 Å². The Balaban J connectivity index is 1.30. The van der Waals surface area contributed by atoms with Crippen molar-refractivity contribution in [3.63, 3.8) is 0 Å². The number of para-hydroxylation sites is 2. The number of aryl methyl sites for hydroxylation is 1. The van der Waals surface area contributed by atoms with Gasteiger partial charge in [-0.1, -0.05) is 12.1 Å². The maximum atomic E-state index is 12.5. The third-order valence-electron chi connectivity index (χ3n) is 5.20. The molecule has 0 aliphatic carbocycles. The number of imidazole rings is 1. The molecule has 2 aliphatic rings. The normalized spacial score (nSPS) is 22.3. The summed E-state index contributed by atoms with van der Waals surface area (Å²) in [6.45, 7) is 6.12. The molecule has 2 N–H and O–H groups in total. The highest BCUT2D eigenvalue weighted by Crippen LogP contribution is 2.18. The third-order valence-corrected chi connectivity index (χ3v) is 5.20. The Bertz CT molecular complexity index is 673. The van der Waals surface area contributed by atoms with Crippen molar-refractivity contribution >= 4 is 16.9 Å². The fourth-order valence-corrected chi connectivity index (χ4v) is 3.82. The summed E-state index contributed by atoms with van der Waals surface area (Å²) >= 11 is 0. The van der Waals surface area contributed by atoms with Gasteiger partial charge in [-0.25, -0.2) is 4.98 Å². The highest BCUT2D eigenvalue weighted by molar-refractivity contribution is 5.77. The van der Waals surface area contributed by atoms with E-state index in [9.17, 15) is 4.79 Å². The van der Waals surface area contributed by atoms with Crippen LogP contribution >= 0.6 is 0 Å². The quantitative estimate of drug-likeness (QED) is 0.879. The zero-order chi connectivity index (χ0) is 16.4. The first-order valence-electron chi connectivity index (χ1n) is 8.96. The largest absolute Gasteiger partial charge is 0.342 e. The first-order valence-corrected chi connectivity index (χ1v) is 8.96. The fraction of sp³-hybridized carbons (Fsp3) is 0.556. The molecule has 6 nitrogen and oxygen atoms in total. The molecule has 24 heavy (non-hydrogen) atoms. The predicted octanol–water partition coefficient (Wildman–Crippen LogP) is 1.00. The number of carbonyl (C=O) groups excluding carboxylic acids is 1. The van der Waals surface area contributed by atoms with Crippen molar-refractivity contribution < 1.29 is 4.79 Å². The van der Waals surface area contributed by atoms with Crippen LogP contribution in [-0.2, 0) is 11.2 Å². The van der Waals surface area contributed by atoms with Crippen molar-refractivity contribution in [1.29, 1.82) is 0 Å². The molecule has 0 radical (unpaired) electrons. The van der Waals surface area contributed by atoms with Gasteiger partial charge >= 0.3 is 0 Å². The van der Waals surface area contributed by atoms with Crippen molar-refractivity contribution in [1.82, 2.24) is 25.1 Å². The molecule has 2 saturated heterocycles. The van der Waals surface area contributed by atoms with Gasteiger partial charge in [0, 0.05) is 58.2 Å². The number of nitrogens with zero attached hydrogens (tertiary/aromatic N) is 3. The summed E-state index contributed by atoms with van der Waals surface area (Å²) in [5.41, 5.74) is 2.01. The van der Waals surface area contributed by atoms with Crippen LogP contribution in [0.5, 0.6) is 0 Å². The summed E-state index contributed by atoms with van der Waals surface area (Å²) < 4.78 is 0. The lowest BCUT2D eigenvalue weighted by atomic mass is 10.2. The Morgan fingerprint density at radius 3 is 2.88 bits per heavy atom. The van der Waals surface area contributed by atoms with E-state index < -0.39 is 0 Å². The minimum atomic E-state index is 0.257. The third kappa shape index (κ3) is 3.30. The van der Waals surface area contributed by atoms with Crippen molar-refractivity contribution in [2.75, 3.05) is 39.3 Å². The van der Waals surface area contributed by atoms with Gasteiger partial charge in [0.15, 0.2) is 0 Å². The molecule has 1 amide bonds. The Hall–Kier alpha value is -1.92. The molecule has 0 spiro atoms. The van der Waals surface area contributed by atoms with Gasteiger partial charge < -0.3 is 15.2 Å². The van der Waals surface area contributed by atoms with Gasteiger partial charge in [-0.3, -0.25) is 9.69 Å². The lowest BCUT2D eigenvalue weighted by Crippen LogP contribution is -2.49. The first kappa shape index (κ1) is 15.6. The van der Waals surface area contributed by atoms with Gasteiger partial charge in [-0.2, -0.15) is 0 Å². The van der Waals surface area contributed by atoms with Gasteiger partial charge in [0.1, 0.15) is 5.82 Å². The molecule has 4 rings (SSSR count). The summed E-state index contributed by atoms with van der Waals surface area (Å²) in [7, 11) is 0. The highest BCUT2D eigenvalue weighted by atomic mass is 16.2. The second kappa shape index (κ2) is 6.91. The van der Waals surface area contributed by atoms with Crippen LogP contribution < -0.4 is 5.32 Å². The standard InChI is InChI=1S/C18H25N5O/c24-18(6-5-17-20-15-3-1-2-4-16(15)21-17)23-10-7-14(13-23)22-11-8-19-9-12-22/h1-4,14,19H,5-13H2,(H,20,21). The number of hydrogen-bond acceptors (Lipinski definition) is 4. The lowest BCUT2D eigenvalue weighted by Gasteiger charge is -2.32. The number of likely N-dealkylation sites (tertiary alicyclic amines) is 1. The number of fused-ring (bicyclic) bond motifs is 1. The van der Waals surface area contributed by atoms with E-state index in [4.69, 9.17) is 0 Å². The van der Waals surface area contributed by atoms with Crippen molar-refractivity contribution in [3.8, 4) is 0 Å². The average Bonchev–Trinajstić information content (AvgIpc) is 3.27. The maximum absolute atomic E-state index is 12.5. The molecule has 1 aromatic carbocycles. The lowest BCUT2D eigenvalue weighted by molar-refractivity contribution is -0.130. The Kier molecular flexibility index (Phi) is 4.49. The number of nitrogens with one attached hydrogen (secondary N) is 2. The van der Waals surface area contributed by atoms with Crippen LogP contribution in [0.4, 0.5) is 0 Å². The number of piperazine rings is 1. The summed E-state index contributed by atoms with van der Waals surface area (Å²) in [5, 5.41) is 3.39. The SMILES string of the molecule is O=C(CCc1nc2ccccc2[nH]1)N1CCC(N2CCNCC2)C1. The van der Waals surface area contributed by atoms with Gasteiger partial charge in [0.05, 0.1) is 11.0 Å². The predicted molar refractivity (Wildman–Crippen MR) is 93.8 cm³/mol. The number of aromatic amines is 1. The Morgan fingerprint density at radius 2 is 2.04 bits per heavy atom. The number of rotatable bonds is 4. The molecule has 0 bridgehead atoms. The van der Waals surface area contributed by atoms with Gasteiger partial charge in [0.25, 0.3) is 0 Å². The maximum Gasteiger partial charge on any atom is 0.223 e. The van der Waals surface area contributed by atoms with Crippen LogP contribution in [0.15, 0.2) is 24.3 Å². The average molecular weight is 327 g/mol. The summed E-state index contributed by atoms with van der Waals surface area (Å²) in [6, 6.07) is 8.54. The zero-order valence-corrected chi connectivity index (χ0v) is 14.0. The number of aromatic nitrogens is 2. The van der Waals surface area contributed by atoms with E-state index >= 15 is 0 Å². The fourth-order valence-electron chi connectivity index (χ4n) is 3.82. The topological polar surface area (TPSA) is 64.3 Å². The minimum absolute atomic E-state index is 0.257. The van der Waals surface area contributed by atoms with E-state index in [1.807, 2.05) is 29.2 Å². The molecule has 128 valence electrons. The minimum Gasteiger partial charge on any atom is -0.342 e. The van der Waals surface area contributed by atoms with Crippen molar-refractivity contribution in [2.24, 2.45) is 0 Å². The van der Waals surface area contributed by atoms with Crippen LogP contribution in [0.2, 0.25) is 0 Å². The van der Waals surface area contributed by atoms with Crippen LogP contribution in [0.25, 0.3) is 11.0 Å². The highest BCUT2D eigenvalue weighted by Gasteiger charge is 2.30. The van der Waals surface area contributed by atoms with Crippen molar-refractivity contribution in [3.05, 3.63) is 30.1 Å². The van der Waals surface area contributed by atoms with E-state index in [1.54, 1.807) is 0 Å². The molecule has 2 aromatic rings. The number of hydrogen-bond donors (Lipinski definition) is 2. The van der Waals surface area contributed by atoms with Crippen LogP contribution in [-0.4, -0.2) is 71.0 Å². The van der Waals surface area contributed by atoms with Crippen LogP contribution in [0.1, 0.15) is 18.7 Å². The smallest absolute Gasteiger partial charge is 0.223 e. The van der Waals surface area contributed by atoms with E-state index in [-0.39, 0.29) is 5.91 Å². The summed E-state index contributed by atoms with van der Waals surface area (Å²) in [4.78, 5) is 24.9. The van der Waals surface area contributed by atoms with Crippen LogP contribution in [0, 0.1) is 0 Å². The molecule has 2 fully saturated rings. The van der Waals surface area contributed by atoms with Gasteiger partial charge in [-0.05, 0) is 18.6 Å². The molecule has 1 unspecified atom stereocenters. The summed E-state index contributed by atoms with van der Waals surface area (Å²) in [5.74, 6) is 1.16. The Labute approximate surface area is 142 Å². The van der Waals surface area contributed by atoms with E-state index in [0.717, 1.165) is 62.5 Å². The molecular weight excluding hydrogens is 302 g/mol. The zero-order valence-electron chi connectivity index (χ0n) is 14.0. The second-order valence-corrected chi connectivity index (χ2v) is 6.77. The van der Waals surface area contributed by atoms with Gasteiger partial charge in [0.2, 0.25) is 5.91 Å². The molecule has 2 aliphatic heterocycles. The number of amides is 1. The molecule has 3 heterocycles. The van der Waals surface area contributed by atoms with E-state index in [1.165, 1.54) is 0 Å². The second-order valence-electron chi connectivity index (χ2n) is 6.77. The van der Waals surface area contributed by atoms with Gasteiger partial charge in [-0.15, -0.1) is 0 Å². The van der Waals surface area contributed by atoms with E-state index in [2.05, 4.69) is 20.2 Å². The molecule has 1 atom stereocenters. The van der Waals surface area contributed by atoms with Crippen molar-refractivity contribution in [2.45, 2.75) is 25.3 Å². The van der Waals surface area contributed by atoms with Crippen LogP contribution in [0.3, 0.4) is 0 Å². The summed E-state index contributed by atoms with van der Waals surface area (Å²) in [6.07, 6.45) is 2.33. The molecule has 0 saturated carbocycles. The molecular formula is C18H25N5O. The monoisotopic (exact) mass is 327 g/mol. The number of H-pyrrole nitrogens is 1. The molecule has 6 heteroatoms. The number of carbonyl (C=O) groups is 1.